The van der Waals surface area contributed by atoms with Gasteiger partial charge >= 0.3 is 0 Å². The summed E-state index contributed by atoms with van der Waals surface area (Å²) in [4.78, 5) is 5.35. The lowest BCUT2D eigenvalue weighted by Crippen LogP contribution is -2.05. The van der Waals surface area contributed by atoms with Gasteiger partial charge in [-0.2, -0.15) is 0 Å². The van der Waals surface area contributed by atoms with Crippen LogP contribution in [-0.2, 0) is 0 Å². The molecule has 39 heavy (non-hydrogen) atoms. The molecular weight excluding hydrogens is 490 g/mol. The number of aryl methyl sites for hydroxylation is 1. The van der Waals surface area contributed by atoms with Crippen LogP contribution in [0.1, 0.15) is 5.56 Å². The summed E-state index contributed by atoms with van der Waals surface area (Å²) >= 11 is 0. The third-order valence-electron chi connectivity index (χ3n) is 7.64. The number of aromatic nitrogens is 1. The Balaban J connectivity index is 1.61. The van der Waals surface area contributed by atoms with E-state index in [2.05, 4.69) is 169 Å². The summed E-state index contributed by atoms with van der Waals surface area (Å²) in [6.45, 7) is 2.19. The molecule has 0 amide bonds. The van der Waals surface area contributed by atoms with E-state index in [1.165, 1.54) is 52.6 Å². The lowest BCUT2D eigenvalue weighted by atomic mass is 10.1. The van der Waals surface area contributed by atoms with Crippen molar-refractivity contribution in [3.63, 3.8) is 0 Å². The average Bonchev–Trinajstić information content (AvgIpc) is 3.33. The molecule has 1 heterocycles. The summed E-state index contributed by atoms with van der Waals surface area (Å²) in [5, 5.41) is 2.56. The molecule has 0 aliphatic rings. The molecule has 0 atom stereocenters. The first-order valence-electron chi connectivity index (χ1n) is 13.4. The molecular formula is C37H29NS. The summed E-state index contributed by atoms with van der Waals surface area (Å²) in [5.74, 6) is 0. The first-order valence-corrected chi connectivity index (χ1v) is 15.0. The van der Waals surface area contributed by atoms with Crippen LogP contribution in [-0.4, -0.2) is 4.57 Å². The molecule has 6 aromatic carbocycles. The van der Waals surface area contributed by atoms with E-state index in [0.29, 0.717) is 0 Å². The van der Waals surface area contributed by atoms with Crippen LogP contribution in [0.5, 0.6) is 0 Å². The van der Waals surface area contributed by atoms with E-state index in [0.717, 1.165) is 0 Å². The molecule has 0 aliphatic heterocycles. The second-order valence-electron chi connectivity index (χ2n) is 9.87. The number of rotatable bonds is 5. The maximum absolute atomic E-state index is 2.47. The van der Waals surface area contributed by atoms with Gasteiger partial charge in [0.2, 0.25) is 0 Å². The number of hydrogen-bond donors (Lipinski definition) is 0. The minimum absolute atomic E-state index is 1.23. The van der Waals surface area contributed by atoms with Gasteiger partial charge in [-0.1, -0.05) is 91.0 Å². The predicted octanol–water partition coefficient (Wildman–Crippen LogP) is 10.4. The smallest absolute Gasteiger partial charge is 0.0541 e. The van der Waals surface area contributed by atoms with E-state index in [9.17, 15) is 0 Å². The van der Waals surface area contributed by atoms with Crippen molar-refractivity contribution in [1.29, 1.82) is 0 Å². The highest BCUT2D eigenvalue weighted by molar-refractivity contribution is 8.34. The fourth-order valence-electron chi connectivity index (χ4n) is 5.91. The lowest BCUT2D eigenvalue weighted by Gasteiger charge is -2.42. The molecule has 0 unspecified atom stereocenters. The maximum Gasteiger partial charge on any atom is 0.0541 e. The number of benzene rings is 6. The highest BCUT2D eigenvalue weighted by atomic mass is 32.3. The molecule has 7 rings (SSSR count). The zero-order valence-corrected chi connectivity index (χ0v) is 22.7. The Labute approximate surface area is 231 Å². The molecule has 0 bridgehead atoms. The minimum atomic E-state index is -1.74. The van der Waals surface area contributed by atoms with Gasteiger partial charge < -0.3 is 4.57 Å². The van der Waals surface area contributed by atoms with Crippen molar-refractivity contribution in [3.8, 4) is 5.69 Å². The van der Waals surface area contributed by atoms with E-state index in [1.807, 2.05) is 0 Å². The molecule has 1 aromatic heterocycles. The van der Waals surface area contributed by atoms with Crippen LogP contribution in [0.4, 0.5) is 0 Å². The van der Waals surface area contributed by atoms with Crippen LogP contribution in [0.15, 0.2) is 177 Å². The van der Waals surface area contributed by atoms with Crippen molar-refractivity contribution in [2.45, 2.75) is 26.5 Å². The second-order valence-corrected chi connectivity index (χ2v) is 13.0. The Morgan fingerprint density at radius 2 is 0.897 bits per heavy atom. The van der Waals surface area contributed by atoms with Gasteiger partial charge in [0.15, 0.2) is 0 Å². The Bertz CT molecular complexity index is 1810. The molecule has 188 valence electrons. The van der Waals surface area contributed by atoms with Crippen molar-refractivity contribution < 1.29 is 0 Å². The fourth-order valence-corrected chi connectivity index (χ4v) is 9.80. The highest BCUT2D eigenvalue weighted by Gasteiger charge is 2.33. The summed E-state index contributed by atoms with van der Waals surface area (Å²) in [6.07, 6.45) is 0. The third kappa shape index (κ3) is 3.71. The van der Waals surface area contributed by atoms with Crippen LogP contribution >= 0.6 is 10.0 Å². The number of fused-ring (bicyclic) bond motifs is 3. The number of para-hydroxylation sites is 2. The summed E-state index contributed by atoms with van der Waals surface area (Å²) < 4.78 is 2.42. The van der Waals surface area contributed by atoms with Gasteiger partial charge in [-0.3, -0.25) is 0 Å². The summed E-state index contributed by atoms with van der Waals surface area (Å²) in [5.41, 5.74) is 4.96. The van der Waals surface area contributed by atoms with E-state index < -0.39 is 10.0 Å². The zero-order chi connectivity index (χ0) is 26.2. The van der Waals surface area contributed by atoms with E-state index in [4.69, 9.17) is 0 Å². The van der Waals surface area contributed by atoms with Gasteiger partial charge in [0.05, 0.1) is 11.0 Å². The van der Waals surface area contributed by atoms with Crippen LogP contribution in [0.2, 0.25) is 0 Å². The standard InChI is InChI=1S/C37H29NS/c1-28-15-11-13-23-35(28)38-36-24-14-12-22-33(36)34-27-32(25-26-37(34)38)39(29-16-5-2-6-17-29,30-18-7-3-8-19-30)31-20-9-4-10-21-31/h2-27H,1H3. The molecule has 0 saturated carbocycles. The monoisotopic (exact) mass is 519 g/mol. The van der Waals surface area contributed by atoms with Gasteiger partial charge in [0.1, 0.15) is 0 Å². The molecule has 2 heteroatoms. The summed E-state index contributed by atoms with van der Waals surface area (Å²) in [7, 11) is -1.74. The van der Waals surface area contributed by atoms with Crippen molar-refractivity contribution in [2.75, 3.05) is 0 Å². The van der Waals surface area contributed by atoms with E-state index in [-0.39, 0.29) is 0 Å². The molecule has 0 aliphatic carbocycles. The maximum atomic E-state index is 2.47. The molecule has 1 nitrogen and oxygen atoms in total. The number of hydrogen-bond acceptors (Lipinski definition) is 0. The van der Waals surface area contributed by atoms with E-state index >= 15 is 0 Å². The van der Waals surface area contributed by atoms with Crippen molar-refractivity contribution in [2.24, 2.45) is 0 Å². The minimum Gasteiger partial charge on any atom is -0.309 e. The van der Waals surface area contributed by atoms with Crippen molar-refractivity contribution in [1.82, 2.24) is 4.57 Å². The molecule has 0 fully saturated rings. The topological polar surface area (TPSA) is 4.93 Å². The predicted molar refractivity (Wildman–Crippen MR) is 165 cm³/mol. The van der Waals surface area contributed by atoms with Crippen molar-refractivity contribution in [3.05, 3.63) is 163 Å². The normalized spacial score (nSPS) is 12.1. The lowest BCUT2D eigenvalue weighted by molar-refractivity contribution is 1.15. The molecule has 7 aromatic rings. The van der Waals surface area contributed by atoms with Gasteiger partial charge in [-0.15, -0.1) is 10.0 Å². The van der Waals surface area contributed by atoms with Crippen molar-refractivity contribution >= 4 is 31.8 Å². The Morgan fingerprint density at radius 1 is 0.410 bits per heavy atom. The summed E-state index contributed by atoms with van der Waals surface area (Å²) in [6, 6.07) is 57.8. The Morgan fingerprint density at radius 3 is 1.49 bits per heavy atom. The highest BCUT2D eigenvalue weighted by Crippen LogP contribution is 2.73. The zero-order valence-electron chi connectivity index (χ0n) is 21.9. The quantitative estimate of drug-likeness (QED) is 0.213. The van der Waals surface area contributed by atoms with Gasteiger partial charge in [-0.25, -0.2) is 0 Å². The van der Waals surface area contributed by atoms with E-state index in [1.54, 1.807) is 0 Å². The molecule has 0 spiro atoms. The molecule has 0 radical (unpaired) electrons. The first kappa shape index (κ1) is 23.6. The van der Waals surface area contributed by atoms with Crippen LogP contribution in [0, 0.1) is 6.92 Å². The third-order valence-corrected chi connectivity index (χ3v) is 11.5. The number of nitrogens with zero attached hydrogens (tertiary/aromatic N) is 1. The molecule has 0 saturated heterocycles. The fraction of sp³-hybridized carbons (Fsp3) is 0.0270. The first-order chi connectivity index (χ1) is 19.3. The molecule has 0 N–H and O–H groups in total. The van der Waals surface area contributed by atoms with Crippen LogP contribution < -0.4 is 0 Å². The Kier molecular flexibility index (Phi) is 5.83. The van der Waals surface area contributed by atoms with Gasteiger partial charge in [0.25, 0.3) is 0 Å². The largest absolute Gasteiger partial charge is 0.309 e. The Hall–Kier alpha value is -4.53. The van der Waals surface area contributed by atoms with Crippen LogP contribution in [0.25, 0.3) is 27.5 Å². The SMILES string of the molecule is Cc1ccccc1-n1c2ccccc2c2cc(S(c3ccccc3)(c3ccccc3)c3ccccc3)ccc21. The van der Waals surface area contributed by atoms with Gasteiger partial charge in [0, 0.05) is 36.0 Å². The van der Waals surface area contributed by atoms with Gasteiger partial charge in [-0.05, 0) is 79.2 Å². The second kappa shape index (κ2) is 9.65. The average molecular weight is 520 g/mol. The van der Waals surface area contributed by atoms with Crippen LogP contribution in [0.3, 0.4) is 0 Å².